The molecular formula is C31H38BrN3O5S. The molecule has 0 radical (unpaired) electrons. The number of nitrogens with zero attached hydrogens (tertiary/aromatic N) is 2. The van der Waals surface area contributed by atoms with Crippen LogP contribution in [0.15, 0.2) is 82.2 Å². The quantitative estimate of drug-likeness (QED) is 0.264. The van der Waals surface area contributed by atoms with E-state index in [1.807, 2.05) is 52.0 Å². The standard InChI is InChI=1S/C31H38BrN3O5S/c1-6-40-28-14-16-29(17-15-28)41(38,39)35(27-12-10-23(4)11-13-27)21-30(36)34(20-25-8-7-9-26(32)18-25)24(5)31(37)33-19-22(2)3/h7-18,22,24H,6,19-21H2,1-5H3,(H,33,37)/t24-/m1/s1. The Bertz CT molecular complexity index is 1430. The number of carbonyl (C=O) groups excluding carboxylic acids is 2. The van der Waals surface area contributed by atoms with E-state index < -0.39 is 28.5 Å². The summed E-state index contributed by atoms with van der Waals surface area (Å²) < 4.78 is 35.3. The second-order valence-corrected chi connectivity index (χ2v) is 13.0. The number of anilines is 1. The molecule has 8 nitrogen and oxygen atoms in total. The summed E-state index contributed by atoms with van der Waals surface area (Å²) in [6.45, 7) is 9.92. The van der Waals surface area contributed by atoms with Crippen molar-refractivity contribution in [2.24, 2.45) is 5.92 Å². The number of hydrogen-bond acceptors (Lipinski definition) is 5. The number of ether oxygens (including phenoxy) is 1. The smallest absolute Gasteiger partial charge is 0.264 e. The van der Waals surface area contributed by atoms with Crippen molar-refractivity contribution in [2.45, 2.75) is 52.1 Å². The average Bonchev–Trinajstić information content (AvgIpc) is 2.94. The number of sulfonamides is 1. The van der Waals surface area contributed by atoms with E-state index in [9.17, 15) is 18.0 Å². The zero-order chi connectivity index (χ0) is 30.2. The van der Waals surface area contributed by atoms with Crippen LogP contribution in [0.1, 0.15) is 38.8 Å². The lowest BCUT2D eigenvalue weighted by Gasteiger charge is -2.32. The first-order chi connectivity index (χ1) is 19.4. The SMILES string of the molecule is CCOc1ccc(S(=O)(=O)N(CC(=O)N(Cc2cccc(Br)c2)[C@H](C)C(=O)NCC(C)C)c2ccc(C)cc2)cc1. The van der Waals surface area contributed by atoms with Crippen molar-refractivity contribution in [3.8, 4) is 5.75 Å². The van der Waals surface area contributed by atoms with Gasteiger partial charge in [0.25, 0.3) is 10.0 Å². The van der Waals surface area contributed by atoms with E-state index >= 15 is 0 Å². The number of amides is 2. The minimum Gasteiger partial charge on any atom is -0.494 e. The Balaban J connectivity index is 2.00. The van der Waals surface area contributed by atoms with Crippen LogP contribution in [0.4, 0.5) is 5.69 Å². The van der Waals surface area contributed by atoms with Gasteiger partial charge in [0.1, 0.15) is 18.3 Å². The minimum atomic E-state index is -4.15. The molecule has 3 aromatic carbocycles. The summed E-state index contributed by atoms with van der Waals surface area (Å²) in [5, 5.41) is 2.89. The van der Waals surface area contributed by atoms with Gasteiger partial charge in [0.05, 0.1) is 17.2 Å². The van der Waals surface area contributed by atoms with E-state index in [0.717, 1.165) is 19.9 Å². The Kier molecular flexibility index (Phi) is 11.4. The predicted molar refractivity (Wildman–Crippen MR) is 165 cm³/mol. The van der Waals surface area contributed by atoms with Crippen LogP contribution in [0.3, 0.4) is 0 Å². The zero-order valence-electron chi connectivity index (χ0n) is 24.1. The van der Waals surface area contributed by atoms with E-state index in [4.69, 9.17) is 4.74 Å². The molecule has 2 amide bonds. The van der Waals surface area contributed by atoms with Gasteiger partial charge < -0.3 is 15.0 Å². The van der Waals surface area contributed by atoms with Crippen molar-refractivity contribution in [3.63, 3.8) is 0 Å². The first kappa shape index (κ1) is 32.1. The van der Waals surface area contributed by atoms with Crippen LogP contribution in [0, 0.1) is 12.8 Å². The van der Waals surface area contributed by atoms with Crippen LogP contribution >= 0.6 is 15.9 Å². The lowest BCUT2D eigenvalue weighted by Crippen LogP contribution is -2.51. The van der Waals surface area contributed by atoms with E-state index in [-0.39, 0.29) is 23.3 Å². The van der Waals surface area contributed by atoms with E-state index in [1.165, 1.54) is 17.0 Å². The summed E-state index contributed by atoms with van der Waals surface area (Å²) in [6, 6.07) is 19.7. The summed E-state index contributed by atoms with van der Waals surface area (Å²) in [7, 11) is -4.15. The summed E-state index contributed by atoms with van der Waals surface area (Å²) in [4.78, 5) is 28.5. The maximum Gasteiger partial charge on any atom is 0.264 e. The zero-order valence-corrected chi connectivity index (χ0v) is 26.5. The highest BCUT2D eigenvalue weighted by atomic mass is 79.9. The monoisotopic (exact) mass is 643 g/mol. The third-order valence-corrected chi connectivity index (χ3v) is 8.70. The van der Waals surface area contributed by atoms with Crippen molar-refractivity contribution in [1.82, 2.24) is 10.2 Å². The number of rotatable bonds is 13. The lowest BCUT2D eigenvalue weighted by atomic mass is 10.1. The van der Waals surface area contributed by atoms with Crippen molar-refractivity contribution in [1.29, 1.82) is 0 Å². The fraction of sp³-hybridized carbons (Fsp3) is 0.355. The molecule has 41 heavy (non-hydrogen) atoms. The van der Waals surface area contributed by atoms with E-state index in [1.54, 1.807) is 43.3 Å². The molecule has 0 unspecified atom stereocenters. The largest absolute Gasteiger partial charge is 0.494 e. The van der Waals surface area contributed by atoms with Gasteiger partial charge in [0, 0.05) is 17.6 Å². The predicted octanol–water partition coefficient (Wildman–Crippen LogP) is 5.54. The fourth-order valence-electron chi connectivity index (χ4n) is 4.11. The summed E-state index contributed by atoms with van der Waals surface area (Å²) in [6.07, 6.45) is 0. The lowest BCUT2D eigenvalue weighted by molar-refractivity contribution is -0.139. The molecule has 0 aliphatic heterocycles. The number of carbonyl (C=O) groups is 2. The molecule has 0 bridgehead atoms. The van der Waals surface area contributed by atoms with E-state index in [2.05, 4.69) is 21.2 Å². The van der Waals surface area contributed by atoms with Crippen molar-refractivity contribution < 1.29 is 22.7 Å². The normalized spacial score (nSPS) is 12.1. The number of benzene rings is 3. The van der Waals surface area contributed by atoms with E-state index in [0.29, 0.717) is 24.6 Å². The Hall–Kier alpha value is -3.37. The van der Waals surface area contributed by atoms with Crippen molar-refractivity contribution in [2.75, 3.05) is 24.0 Å². The molecule has 0 spiro atoms. The van der Waals surface area contributed by atoms with Gasteiger partial charge in [-0.2, -0.15) is 0 Å². The molecule has 0 aliphatic carbocycles. The highest BCUT2D eigenvalue weighted by Gasteiger charge is 2.32. The first-order valence-electron chi connectivity index (χ1n) is 13.6. The van der Waals surface area contributed by atoms with Crippen LogP contribution in [0.25, 0.3) is 0 Å². The molecule has 0 saturated heterocycles. The molecule has 220 valence electrons. The first-order valence-corrected chi connectivity index (χ1v) is 15.8. The Morgan fingerprint density at radius 1 is 0.976 bits per heavy atom. The van der Waals surface area contributed by atoms with Gasteiger partial charge >= 0.3 is 0 Å². The van der Waals surface area contributed by atoms with Gasteiger partial charge in [0.2, 0.25) is 11.8 Å². The Morgan fingerprint density at radius 3 is 2.22 bits per heavy atom. The highest BCUT2D eigenvalue weighted by Crippen LogP contribution is 2.26. The van der Waals surface area contributed by atoms with Crippen LogP contribution in [-0.4, -0.2) is 50.9 Å². The van der Waals surface area contributed by atoms with Crippen molar-refractivity contribution >= 4 is 43.5 Å². The van der Waals surface area contributed by atoms with Gasteiger partial charge in [-0.15, -0.1) is 0 Å². The molecule has 0 fully saturated rings. The topological polar surface area (TPSA) is 96.0 Å². The van der Waals surface area contributed by atoms with Gasteiger partial charge in [-0.1, -0.05) is 59.6 Å². The second-order valence-electron chi connectivity index (χ2n) is 10.2. The third-order valence-electron chi connectivity index (χ3n) is 6.42. The number of nitrogens with one attached hydrogen (secondary N) is 1. The summed E-state index contributed by atoms with van der Waals surface area (Å²) >= 11 is 3.46. The van der Waals surface area contributed by atoms with Gasteiger partial charge in [-0.25, -0.2) is 8.42 Å². The number of hydrogen-bond donors (Lipinski definition) is 1. The molecule has 3 aromatic rings. The Labute approximate surface area is 251 Å². The van der Waals surface area contributed by atoms with Gasteiger partial charge in [0.15, 0.2) is 0 Å². The van der Waals surface area contributed by atoms with Crippen LogP contribution in [0.5, 0.6) is 5.75 Å². The summed E-state index contributed by atoms with van der Waals surface area (Å²) in [5.74, 6) is -0.0342. The minimum absolute atomic E-state index is 0.0237. The molecule has 0 aromatic heterocycles. The maximum atomic E-state index is 14.0. The molecule has 0 saturated carbocycles. The second kappa shape index (κ2) is 14.5. The van der Waals surface area contributed by atoms with Crippen LogP contribution in [-0.2, 0) is 26.2 Å². The van der Waals surface area contributed by atoms with Crippen molar-refractivity contribution in [3.05, 3.63) is 88.4 Å². The molecule has 1 atom stereocenters. The fourth-order valence-corrected chi connectivity index (χ4v) is 5.97. The van der Waals surface area contributed by atoms with Gasteiger partial charge in [-0.3, -0.25) is 13.9 Å². The molecular weight excluding hydrogens is 606 g/mol. The molecule has 3 rings (SSSR count). The number of aryl methyl sites for hydroxylation is 1. The number of halogens is 1. The average molecular weight is 645 g/mol. The highest BCUT2D eigenvalue weighted by molar-refractivity contribution is 9.10. The molecule has 0 heterocycles. The maximum absolute atomic E-state index is 14.0. The van der Waals surface area contributed by atoms with Gasteiger partial charge in [-0.05, 0) is 80.8 Å². The molecule has 10 heteroatoms. The van der Waals surface area contributed by atoms with Crippen LogP contribution < -0.4 is 14.4 Å². The van der Waals surface area contributed by atoms with Crippen LogP contribution in [0.2, 0.25) is 0 Å². The molecule has 1 N–H and O–H groups in total. The molecule has 0 aliphatic rings. The Morgan fingerprint density at radius 2 is 1.63 bits per heavy atom. The summed E-state index contributed by atoms with van der Waals surface area (Å²) in [5.41, 5.74) is 2.09. The third kappa shape index (κ3) is 8.81.